The highest BCUT2D eigenvalue weighted by Crippen LogP contribution is 2.28. The van der Waals surface area contributed by atoms with Crippen molar-refractivity contribution in [2.45, 2.75) is 50.6 Å². The van der Waals surface area contributed by atoms with E-state index < -0.39 is 12.0 Å². The molecule has 1 aliphatic carbocycles. The number of carboxylic acid groups (broad SMARTS) is 1. The van der Waals surface area contributed by atoms with E-state index in [0.717, 1.165) is 48.1 Å². The van der Waals surface area contributed by atoms with Gasteiger partial charge in [0.15, 0.2) is 0 Å². The maximum absolute atomic E-state index is 13.7. The smallest absolute Gasteiger partial charge is 0.407 e. The summed E-state index contributed by atoms with van der Waals surface area (Å²) in [6.45, 7) is 0.901. The largest absolute Gasteiger partial charge is 0.465 e. The van der Waals surface area contributed by atoms with E-state index in [1.54, 1.807) is 6.20 Å². The van der Waals surface area contributed by atoms with Crippen LogP contribution in [0.5, 0.6) is 0 Å². The summed E-state index contributed by atoms with van der Waals surface area (Å²) in [6, 6.07) is 29.8. The minimum Gasteiger partial charge on any atom is -0.465 e. The van der Waals surface area contributed by atoms with Gasteiger partial charge in [0.05, 0.1) is 17.8 Å². The van der Waals surface area contributed by atoms with Gasteiger partial charge in [0, 0.05) is 19.1 Å². The standard InChI is InChI=1S/C33H36N4O3/c38-32(35-28-18-16-26(17-19-28)23-37(33(39)40)22-25-12-6-2-7-13-25)29(20-24-10-4-1-5-11-24)31-34-21-30(36-31)27-14-8-3-9-15-27/h1-15,21,26,28-29H,16-20,22-23H2,(H,34,36)(H,35,38)(H,39,40). The van der Waals surface area contributed by atoms with Crippen molar-refractivity contribution in [3.8, 4) is 11.3 Å². The molecule has 1 fully saturated rings. The molecule has 0 bridgehead atoms. The lowest BCUT2D eigenvalue weighted by atomic mass is 9.85. The molecule has 5 rings (SSSR count). The van der Waals surface area contributed by atoms with Gasteiger partial charge in [-0.15, -0.1) is 0 Å². The number of benzene rings is 3. The van der Waals surface area contributed by atoms with Crippen molar-refractivity contribution in [2.75, 3.05) is 6.54 Å². The van der Waals surface area contributed by atoms with Crippen LogP contribution in [-0.2, 0) is 17.8 Å². The molecule has 0 aliphatic heterocycles. The van der Waals surface area contributed by atoms with E-state index in [4.69, 9.17) is 0 Å². The Morgan fingerprint density at radius 2 is 1.48 bits per heavy atom. The van der Waals surface area contributed by atoms with Crippen LogP contribution >= 0.6 is 0 Å². The molecule has 1 heterocycles. The third-order valence-electron chi connectivity index (χ3n) is 7.77. The molecule has 7 heteroatoms. The number of amides is 2. The summed E-state index contributed by atoms with van der Waals surface area (Å²) in [5, 5.41) is 13.1. The van der Waals surface area contributed by atoms with Crippen LogP contribution in [0.3, 0.4) is 0 Å². The number of carbonyl (C=O) groups is 2. The highest BCUT2D eigenvalue weighted by Gasteiger charge is 2.30. The molecule has 206 valence electrons. The molecule has 1 aromatic heterocycles. The normalized spacial score (nSPS) is 17.6. The van der Waals surface area contributed by atoms with Gasteiger partial charge in [-0.1, -0.05) is 91.0 Å². The fraction of sp³-hybridized carbons (Fsp3) is 0.303. The van der Waals surface area contributed by atoms with E-state index in [9.17, 15) is 14.7 Å². The summed E-state index contributed by atoms with van der Waals surface area (Å²) in [7, 11) is 0. The van der Waals surface area contributed by atoms with Gasteiger partial charge in [0.2, 0.25) is 5.91 Å². The lowest BCUT2D eigenvalue weighted by Crippen LogP contribution is -2.42. The summed E-state index contributed by atoms with van der Waals surface area (Å²) in [5.74, 6) is 0.474. The average molecular weight is 537 g/mol. The van der Waals surface area contributed by atoms with E-state index >= 15 is 0 Å². The van der Waals surface area contributed by atoms with Crippen LogP contribution in [0.1, 0.15) is 48.6 Å². The van der Waals surface area contributed by atoms with E-state index in [1.165, 1.54) is 4.90 Å². The lowest BCUT2D eigenvalue weighted by Gasteiger charge is -2.32. The molecule has 1 atom stereocenters. The van der Waals surface area contributed by atoms with Crippen molar-refractivity contribution in [3.05, 3.63) is 114 Å². The number of nitrogens with one attached hydrogen (secondary N) is 2. The summed E-state index contributed by atoms with van der Waals surface area (Å²) in [4.78, 5) is 35.1. The zero-order chi connectivity index (χ0) is 27.7. The Labute approximate surface area is 235 Å². The van der Waals surface area contributed by atoms with Crippen LogP contribution in [-0.4, -0.2) is 44.6 Å². The Morgan fingerprint density at radius 1 is 0.875 bits per heavy atom. The molecule has 0 radical (unpaired) electrons. The Bertz CT molecular complexity index is 1370. The van der Waals surface area contributed by atoms with Gasteiger partial charge < -0.3 is 20.3 Å². The fourth-order valence-corrected chi connectivity index (χ4v) is 5.56. The van der Waals surface area contributed by atoms with Gasteiger partial charge in [-0.25, -0.2) is 9.78 Å². The molecule has 40 heavy (non-hydrogen) atoms. The molecule has 2 amide bonds. The number of carbonyl (C=O) groups excluding carboxylic acids is 1. The number of imidazole rings is 1. The highest BCUT2D eigenvalue weighted by atomic mass is 16.4. The summed E-state index contributed by atoms with van der Waals surface area (Å²) in [5.41, 5.74) is 3.99. The second-order valence-electron chi connectivity index (χ2n) is 10.7. The van der Waals surface area contributed by atoms with Crippen LogP contribution in [0.2, 0.25) is 0 Å². The quantitative estimate of drug-likeness (QED) is 0.223. The van der Waals surface area contributed by atoms with E-state index in [2.05, 4.69) is 15.3 Å². The second-order valence-corrected chi connectivity index (χ2v) is 10.7. The predicted molar refractivity (Wildman–Crippen MR) is 156 cm³/mol. The summed E-state index contributed by atoms with van der Waals surface area (Å²) in [6.07, 6.45) is 4.89. The number of hydrogen-bond donors (Lipinski definition) is 3. The zero-order valence-electron chi connectivity index (χ0n) is 22.6. The van der Waals surface area contributed by atoms with E-state index in [-0.39, 0.29) is 17.9 Å². The Balaban J connectivity index is 1.21. The predicted octanol–water partition coefficient (Wildman–Crippen LogP) is 6.26. The van der Waals surface area contributed by atoms with E-state index in [1.807, 2.05) is 91.0 Å². The first-order chi connectivity index (χ1) is 19.5. The molecule has 0 saturated heterocycles. The molecule has 1 aliphatic rings. The van der Waals surface area contributed by atoms with Crippen molar-refractivity contribution < 1.29 is 14.7 Å². The van der Waals surface area contributed by atoms with Gasteiger partial charge in [0.25, 0.3) is 0 Å². The Morgan fingerprint density at radius 3 is 2.10 bits per heavy atom. The molecule has 0 spiro atoms. The molecular weight excluding hydrogens is 500 g/mol. The van der Waals surface area contributed by atoms with Crippen LogP contribution in [0, 0.1) is 5.92 Å². The van der Waals surface area contributed by atoms with Crippen molar-refractivity contribution >= 4 is 12.0 Å². The maximum Gasteiger partial charge on any atom is 0.407 e. The molecule has 4 aromatic rings. The van der Waals surface area contributed by atoms with Crippen LogP contribution in [0.4, 0.5) is 4.79 Å². The number of hydrogen-bond acceptors (Lipinski definition) is 3. The van der Waals surface area contributed by atoms with E-state index in [0.29, 0.717) is 25.3 Å². The van der Waals surface area contributed by atoms with Gasteiger partial charge in [-0.05, 0) is 54.7 Å². The maximum atomic E-state index is 13.7. The first-order valence-electron chi connectivity index (χ1n) is 14.0. The van der Waals surface area contributed by atoms with Crippen molar-refractivity contribution in [1.29, 1.82) is 0 Å². The summed E-state index contributed by atoms with van der Waals surface area (Å²) >= 11 is 0. The number of nitrogens with zero attached hydrogens (tertiary/aromatic N) is 2. The molecule has 1 saturated carbocycles. The second kappa shape index (κ2) is 13.1. The first-order valence-corrected chi connectivity index (χ1v) is 14.0. The SMILES string of the molecule is O=C(NC1CCC(CN(Cc2ccccc2)C(=O)O)CC1)C(Cc1ccccc1)c1ncc(-c2ccccc2)[nH]1. The van der Waals surface area contributed by atoms with Gasteiger partial charge in [0.1, 0.15) is 5.82 Å². The third kappa shape index (κ3) is 7.17. The molecule has 7 nitrogen and oxygen atoms in total. The van der Waals surface area contributed by atoms with Crippen LogP contribution in [0.15, 0.2) is 97.2 Å². The monoisotopic (exact) mass is 536 g/mol. The minimum atomic E-state index is -0.892. The van der Waals surface area contributed by atoms with Crippen LogP contribution < -0.4 is 5.32 Å². The minimum absolute atomic E-state index is 0.0301. The van der Waals surface area contributed by atoms with Gasteiger partial charge in [-0.2, -0.15) is 0 Å². The topological polar surface area (TPSA) is 98.3 Å². The summed E-state index contributed by atoms with van der Waals surface area (Å²) < 4.78 is 0. The van der Waals surface area contributed by atoms with Gasteiger partial charge >= 0.3 is 6.09 Å². The number of aromatic amines is 1. The lowest BCUT2D eigenvalue weighted by molar-refractivity contribution is -0.123. The van der Waals surface area contributed by atoms with Crippen molar-refractivity contribution in [3.63, 3.8) is 0 Å². The molecule has 3 aromatic carbocycles. The number of aromatic nitrogens is 2. The number of rotatable bonds is 10. The Kier molecular flexibility index (Phi) is 8.91. The highest BCUT2D eigenvalue weighted by molar-refractivity contribution is 5.83. The zero-order valence-corrected chi connectivity index (χ0v) is 22.6. The molecular formula is C33H36N4O3. The fourth-order valence-electron chi connectivity index (χ4n) is 5.56. The van der Waals surface area contributed by atoms with Gasteiger partial charge in [-0.3, -0.25) is 4.79 Å². The first kappa shape index (κ1) is 27.2. The molecule has 1 unspecified atom stereocenters. The van der Waals surface area contributed by atoms with Crippen LogP contribution in [0.25, 0.3) is 11.3 Å². The average Bonchev–Trinajstić information content (AvgIpc) is 3.48. The third-order valence-corrected chi connectivity index (χ3v) is 7.77. The number of H-pyrrole nitrogens is 1. The van der Waals surface area contributed by atoms with Crippen molar-refractivity contribution in [1.82, 2.24) is 20.2 Å². The van der Waals surface area contributed by atoms with Crippen molar-refractivity contribution in [2.24, 2.45) is 5.92 Å². The Hall–Kier alpha value is -4.39. The molecule has 3 N–H and O–H groups in total.